The van der Waals surface area contributed by atoms with E-state index < -0.39 is 0 Å². The van der Waals surface area contributed by atoms with Crippen LogP contribution in [0.25, 0.3) is 0 Å². The van der Waals surface area contributed by atoms with Gasteiger partial charge in [-0.1, -0.05) is 31.7 Å². The van der Waals surface area contributed by atoms with Gasteiger partial charge in [0.1, 0.15) is 0 Å². The molecule has 2 aromatic carbocycles. The van der Waals surface area contributed by atoms with Crippen LogP contribution in [0.1, 0.15) is 7.43 Å². The molecule has 0 bridgehead atoms. The van der Waals surface area contributed by atoms with E-state index in [4.69, 9.17) is 4.74 Å². The van der Waals surface area contributed by atoms with Crippen molar-refractivity contribution >= 4 is 0 Å². The van der Waals surface area contributed by atoms with Gasteiger partial charge in [-0.05, 0) is 24.3 Å². The second kappa shape index (κ2) is 5.07. The maximum atomic E-state index is 9.46. The highest BCUT2D eigenvalue weighted by Crippen LogP contribution is 2.34. The lowest BCUT2D eigenvalue weighted by molar-refractivity contribution is 0.385. The van der Waals surface area contributed by atoms with E-state index in [0.29, 0.717) is 11.5 Å². The Morgan fingerprint density at radius 2 is 1.06 bits per heavy atom. The lowest BCUT2D eigenvalue weighted by Crippen LogP contribution is -1.84. The molecule has 3 nitrogen and oxygen atoms in total. The van der Waals surface area contributed by atoms with Gasteiger partial charge in [-0.3, -0.25) is 0 Å². The Balaban J connectivity index is 0.00000128. The Morgan fingerprint density at radius 1 is 0.688 bits per heavy atom. The molecule has 0 atom stereocenters. The number of hydrogen-bond acceptors (Lipinski definition) is 3. The van der Waals surface area contributed by atoms with Crippen LogP contribution >= 0.6 is 0 Å². The highest BCUT2D eigenvalue weighted by molar-refractivity contribution is 5.45. The monoisotopic (exact) mass is 218 g/mol. The summed E-state index contributed by atoms with van der Waals surface area (Å²) in [5, 5.41) is 18.9. The first-order valence-electron chi connectivity index (χ1n) is 4.51. The van der Waals surface area contributed by atoms with E-state index in [1.807, 2.05) is 0 Å². The van der Waals surface area contributed by atoms with Gasteiger partial charge in [-0.25, -0.2) is 0 Å². The van der Waals surface area contributed by atoms with Crippen molar-refractivity contribution < 1.29 is 14.9 Å². The van der Waals surface area contributed by atoms with Crippen molar-refractivity contribution in [3.05, 3.63) is 48.5 Å². The number of ether oxygens (including phenoxy) is 1. The Kier molecular flexibility index (Phi) is 3.78. The number of benzene rings is 2. The van der Waals surface area contributed by atoms with Gasteiger partial charge in [0.25, 0.3) is 0 Å². The van der Waals surface area contributed by atoms with Gasteiger partial charge >= 0.3 is 0 Å². The summed E-state index contributed by atoms with van der Waals surface area (Å²) in [5.74, 6) is 0.722. The van der Waals surface area contributed by atoms with Crippen LogP contribution in [-0.2, 0) is 0 Å². The van der Waals surface area contributed by atoms with E-state index >= 15 is 0 Å². The van der Waals surface area contributed by atoms with Gasteiger partial charge in [0.2, 0.25) is 0 Å². The topological polar surface area (TPSA) is 49.7 Å². The highest BCUT2D eigenvalue weighted by atomic mass is 16.5. The van der Waals surface area contributed by atoms with E-state index in [-0.39, 0.29) is 18.9 Å². The molecule has 0 fully saturated rings. The molecule has 3 heteroatoms. The van der Waals surface area contributed by atoms with Crippen molar-refractivity contribution in [3.8, 4) is 23.0 Å². The molecule has 0 aliphatic carbocycles. The lowest BCUT2D eigenvalue weighted by atomic mass is 10.3. The average molecular weight is 218 g/mol. The Hall–Kier alpha value is -2.16. The zero-order valence-electron chi connectivity index (χ0n) is 7.92. The third-order valence-corrected chi connectivity index (χ3v) is 1.95. The van der Waals surface area contributed by atoms with Gasteiger partial charge in [0, 0.05) is 0 Å². The molecule has 0 radical (unpaired) electrons. The molecule has 0 unspecified atom stereocenters. The molecule has 84 valence electrons. The number of phenols is 2. The Bertz CT molecular complexity index is 423. The minimum absolute atomic E-state index is 0. The molecular formula is C13H14O3. The van der Waals surface area contributed by atoms with Crippen LogP contribution < -0.4 is 4.74 Å². The number of phenolic OH excluding ortho intramolecular Hbond substituents is 2. The maximum Gasteiger partial charge on any atom is 0.169 e. The van der Waals surface area contributed by atoms with Crippen molar-refractivity contribution in [1.29, 1.82) is 0 Å². The van der Waals surface area contributed by atoms with Crippen LogP contribution in [0.4, 0.5) is 0 Å². The quantitative estimate of drug-likeness (QED) is 0.810. The summed E-state index contributed by atoms with van der Waals surface area (Å²) in [4.78, 5) is 0. The minimum Gasteiger partial charge on any atom is -0.504 e. The summed E-state index contributed by atoms with van der Waals surface area (Å²) in [6.45, 7) is 0. The summed E-state index contributed by atoms with van der Waals surface area (Å²) in [6.07, 6.45) is 0. The first-order chi connectivity index (χ1) is 7.27. The molecule has 0 aromatic heterocycles. The van der Waals surface area contributed by atoms with Crippen LogP contribution in [-0.4, -0.2) is 10.2 Å². The van der Waals surface area contributed by atoms with Gasteiger partial charge < -0.3 is 14.9 Å². The van der Waals surface area contributed by atoms with Gasteiger partial charge in [-0.15, -0.1) is 0 Å². The third kappa shape index (κ3) is 2.45. The molecule has 2 N–H and O–H groups in total. The summed E-state index contributed by atoms with van der Waals surface area (Å²) >= 11 is 0. The van der Waals surface area contributed by atoms with Gasteiger partial charge in [-0.2, -0.15) is 0 Å². The molecular weight excluding hydrogens is 204 g/mol. The van der Waals surface area contributed by atoms with Gasteiger partial charge in [0.05, 0.1) is 0 Å². The Morgan fingerprint density at radius 3 is 1.44 bits per heavy atom. The molecule has 2 rings (SSSR count). The second-order valence-electron chi connectivity index (χ2n) is 3.04. The van der Waals surface area contributed by atoms with E-state index in [2.05, 4.69) is 0 Å². The first-order valence-corrected chi connectivity index (χ1v) is 4.51. The van der Waals surface area contributed by atoms with E-state index in [0.717, 1.165) is 0 Å². The fourth-order valence-electron chi connectivity index (χ4n) is 1.21. The van der Waals surface area contributed by atoms with Crippen LogP contribution in [0.3, 0.4) is 0 Å². The summed E-state index contributed by atoms with van der Waals surface area (Å²) in [7, 11) is 0. The molecule has 16 heavy (non-hydrogen) atoms. The third-order valence-electron chi connectivity index (χ3n) is 1.95. The fraction of sp³-hybridized carbons (Fsp3) is 0.0769. The number of para-hydroxylation sites is 4. The minimum atomic E-state index is 0. The van der Waals surface area contributed by atoms with Crippen LogP contribution in [0.2, 0.25) is 0 Å². The van der Waals surface area contributed by atoms with Crippen LogP contribution in [0, 0.1) is 0 Å². The van der Waals surface area contributed by atoms with Crippen molar-refractivity contribution in [1.82, 2.24) is 0 Å². The molecule has 0 amide bonds. The fourth-order valence-corrected chi connectivity index (χ4v) is 1.21. The number of hydrogen-bond donors (Lipinski definition) is 2. The normalized spacial score (nSPS) is 9.25. The molecule has 2 aromatic rings. The maximum absolute atomic E-state index is 9.46. The standard InChI is InChI=1S/C12H10O3.CH4/c13-9-5-1-3-7-11(9)15-12-8-4-2-6-10(12)14;/h1-8,13-14H;1H4. The lowest BCUT2D eigenvalue weighted by Gasteiger charge is -2.08. The molecule has 0 aliphatic rings. The molecule has 0 spiro atoms. The second-order valence-corrected chi connectivity index (χ2v) is 3.04. The summed E-state index contributed by atoms with van der Waals surface area (Å²) < 4.78 is 5.34. The molecule has 0 saturated heterocycles. The smallest absolute Gasteiger partial charge is 0.169 e. The summed E-state index contributed by atoms with van der Waals surface area (Å²) in [6, 6.07) is 13.2. The van der Waals surface area contributed by atoms with Crippen molar-refractivity contribution in [2.45, 2.75) is 7.43 Å². The average Bonchev–Trinajstić information content (AvgIpc) is 2.24. The molecule has 0 aliphatic heterocycles. The van der Waals surface area contributed by atoms with Crippen molar-refractivity contribution in [3.63, 3.8) is 0 Å². The highest BCUT2D eigenvalue weighted by Gasteiger charge is 2.05. The number of rotatable bonds is 2. The van der Waals surface area contributed by atoms with Crippen LogP contribution in [0.15, 0.2) is 48.5 Å². The van der Waals surface area contributed by atoms with E-state index in [1.54, 1.807) is 36.4 Å². The van der Waals surface area contributed by atoms with Crippen LogP contribution in [0.5, 0.6) is 23.0 Å². The zero-order valence-corrected chi connectivity index (χ0v) is 7.92. The SMILES string of the molecule is C.Oc1ccccc1Oc1ccccc1O. The molecule has 0 saturated carbocycles. The van der Waals surface area contributed by atoms with Crippen molar-refractivity contribution in [2.75, 3.05) is 0 Å². The molecule has 0 heterocycles. The zero-order chi connectivity index (χ0) is 10.7. The largest absolute Gasteiger partial charge is 0.504 e. The van der Waals surface area contributed by atoms with E-state index in [1.165, 1.54) is 12.1 Å². The van der Waals surface area contributed by atoms with Gasteiger partial charge in [0.15, 0.2) is 23.0 Å². The summed E-state index contributed by atoms with van der Waals surface area (Å²) in [5.41, 5.74) is 0. The number of aromatic hydroxyl groups is 2. The predicted octanol–water partition coefficient (Wildman–Crippen LogP) is 3.53. The Labute approximate surface area is 94.6 Å². The van der Waals surface area contributed by atoms with E-state index in [9.17, 15) is 10.2 Å². The van der Waals surface area contributed by atoms with Crippen molar-refractivity contribution in [2.24, 2.45) is 0 Å². The predicted molar refractivity (Wildman–Crippen MR) is 63.0 cm³/mol. The first kappa shape index (κ1) is 11.9.